The van der Waals surface area contributed by atoms with Crippen molar-refractivity contribution in [1.82, 2.24) is 35.2 Å². The first-order valence-corrected chi connectivity index (χ1v) is 17.1. The standard InChI is InChI=1S/C19H20N4O2.C14H16N2O.C5H6N2O2.ClH/c1-3-14-11-17(22-25-14)13-4-6-15-12(10-13)5-7-16(15)21-19(24)18-8-9-20-23(18)2;1-2-11-8-14(16-17-11)10-3-5-12-9(7-10)4-6-13(12)15;1-7-4(5(8)9)2-3-6-7;/h4,6,8-11,16H,3,5,7H2,1-2H3,(H,21,24);3,5,7-8,13H,2,4,6,15H2,1H3;2-3H,1H3,(H,8,9);1H/t16-;13-;;/m11../s1. The van der Waals surface area contributed by atoms with Crippen molar-refractivity contribution in [2.75, 3.05) is 0 Å². The Hall–Kier alpha value is -5.53. The molecule has 2 aliphatic carbocycles. The van der Waals surface area contributed by atoms with Gasteiger partial charge >= 0.3 is 5.97 Å². The van der Waals surface area contributed by atoms with Crippen LogP contribution < -0.4 is 11.1 Å². The van der Waals surface area contributed by atoms with E-state index in [4.69, 9.17) is 19.9 Å². The van der Waals surface area contributed by atoms with Gasteiger partial charge in [-0.2, -0.15) is 10.2 Å². The molecule has 2 aromatic carbocycles. The van der Waals surface area contributed by atoms with E-state index >= 15 is 0 Å². The molecule has 52 heavy (non-hydrogen) atoms. The molecule has 14 heteroatoms. The van der Waals surface area contributed by atoms with Crippen LogP contribution in [0, 0.1) is 0 Å². The Morgan fingerprint density at radius 1 is 0.788 bits per heavy atom. The van der Waals surface area contributed by atoms with E-state index in [1.807, 2.05) is 25.1 Å². The van der Waals surface area contributed by atoms with E-state index in [-0.39, 0.29) is 36.1 Å². The Bertz CT molecular complexity index is 2150. The molecule has 272 valence electrons. The number of carboxylic acid groups (broad SMARTS) is 1. The third-order valence-corrected chi connectivity index (χ3v) is 9.29. The lowest BCUT2D eigenvalue weighted by Crippen LogP contribution is -2.28. The molecule has 4 aromatic heterocycles. The molecule has 6 aromatic rings. The van der Waals surface area contributed by atoms with Crippen molar-refractivity contribution >= 4 is 24.3 Å². The third kappa shape index (κ3) is 8.32. The zero-order chi connectivity index (χ0) is 36.1. The number of amides is 1. The van der Waals surface area contributed by atoms with Gasteiger partial charge < -0.3 is 25.2 Å². The van der Waals surface area contributed by atoms with Gasteiger partial charge in [0.05, 0.1) is 6.04 Å². The molecule has 1 amide bonds. The number of benzene rings is 2. The number of rotatable bonds is 7. The highest BCUT2D eigenvalue weighted by atomic mass is 35.5. The summed E-state index contributed by atoms with van der Waals surface area (Å²) in [5.74, 6) is 0.773. The minimum Gasteiger partial charge on any atom is -0.477 e. The Morgan fingerprint density at radius 2 is 1.31 bits per heavy atom. The average molecular weight is 727 g/mol. The third-order valence-electron chi connectivity index (χ3n) is 9.29. The number of fused-ring (bicyclic) bond motifs is 2. The fourth-order valence-electron chi connectivity index (χ4n) is 6.38. The van der Waals surface area contributed by atoms with Crippen LogP contribution in [0.1, 0.15) is 93.5 Å². The molecule has 2 atom stereocenters. The smallest absolute Gasteiger partial charge is 0.354 e. The van der Waals surface area contributed by atoms with Crippen LogP contribution in [0.5, 0.6) is 0 Å². The van der Waals surface area contributed by atoms with Gasteiger partial charge in [0.15, 0.2) is 0 Å². The molecule has 0 saturated heterocycles. The van der Waals surface area contributed by atoms with Gasteiger partial charge in [0.25, 0.3) is 5.91 Å². The summed E-state index contributed by atoms with van der Waals surface area (Å²) in [6.45, 7) is 4.11. The monoisotopic (exact) mass is 726 g/mol. The van der Waals surface area contributed by atoms with Gasteiger partial charge in [0, 0.05) is 68.6 Å². The van der Waals surface area contributed by atoms with E-state index in [1.165, 1.54) is 39.2 Å². The molecule has 4 N–H and O–H groups in total. The average Bonchev–Trinajstić information content (AvgIpc) is 3.99. The van der Waals surface area contributed by atoms with Gasteiger partial charge in [0.2, 0.25) is 0 Å². The van der Waals surface area contributed by atoms with Crippen molar-refractivity contribution in [3.05, 3.63) is 118 Å². The second kappa shape index (κ2) is 16.7. The van der Waals surface area contributed by atoms with Crippen LogP contribution in [-0.4, -0.2) is 46.9 Å². The lowest BCUT2D eigenvalue weighted by molar-refractivity contribution is 0.0684. The molecular weight excluding hydrogens is 684 g/mol. The maximum absolute atomic E-state index is 12.4. The fraction of sp³-hybridized carbons (Fsp3) is 0.316. The number of aryl methyl sites for hydroxylation is 6. The predicted octanol–water partition coefficient (Wildman–Crippen LogP) is 6.44. The van der Waals surface area contributed by atoms with Crippen molar-refractivity contribution in [1.29, 1.82) is 0 Å². The summed E-state index contributed by atoms with van der Waals surface area (Å²) >= 11 is 0. The lowest BCUT2D eigenvalue weighted by atomic mass is 10.0. The van der Waals surface area contributed by atoms with Crippen molar-refractivity contribution in [3.63, 3.8) is 0 Å². The highest BCUT2D eigenvalue weighted by molar-refractivity contribution is 5.92. The van der Waals surface area contributed by atoms with Gasteiger partial charge in [-0.25, -0.2) is 4.79 Å². The molecular formula is C38H43ClN8O5. The van der Waals surface area contributed by atoms with Gasteiger partial charge in [0.1, 0.15) is 34.3 Å². The molecule has 0 aliphatic heterocycles. The lowest BCUT2D eigenvalue weighted by Gasteiger charge is -2.14. The number of hydrogen-bond acceptors (Lipinski definition) is 9. The van der Waals surface area contributed by atoms with Crippen LogP contribution in [0.15, 0.2) is 82.1 Å². The molecule has 0 radical (unpaired) electrons. The summed E-state index contributed by atoms with van der Waals surface area (Å²) in [6, 6.07) is 20.1. The highest BCUT2D eigenvalue weighted by Crippen LogP contribution is 2.35. The normalized spacial score (nSPS) is 15.3. The fourth-order valence-corrected chi connectivity index (χ4v) is 6.38. The summed E-state index contributed by atoms with van der Waals surface area (Å²) in [6.07, 6.45) is 8.76. The number of carbonyl (C=O) groups is 2. The molecule has 8 rings (SSSR count). The summed E-state index contributed by atoms with van der Waals surface area (Å²) in [7, 11) is 3.36. The summed E-state index contributed by atoms with van der Waals surface area (Å²) in [4.78, 5) is 22.6. The second-order valence-electron chi connectivity index (χ2n) is 12.6. The van der Waals surface area contributed by atoms with E-state index in [1.54, 1.807) is 31.0 Å². The predicted molar refractivity (Wildman–Crippen MR) is 197 cm³/mol. The van der Waals surface area contributed by atoms with Crippen LogP contribution in [-0.2, 0) is 39.8 Å². The molecule has 13 nitrogen and oxygen atoms in total. The molecule has 0 bridgehead atoms. The first kappa shape index (κ1) is 37.7. The number of aromatic carboxylic acids is 1. The SMILES string of the molecule is CCc1cc(-c2ccc3c(c2)CC[C@H]3N)no1.CCc1cc(-c2ccc3c(c2)CC[C@H]3NC(=O)c2ccnn2C)no1.Cl.Cn1nccc1C(=O)O. The van der Waals surface area contributed by atoms with Gasteiger partial charge in [-0.05, 0) is 72.2 Å². The minimum atomic E-state index is -0.949. The Balaban J connectivity index is 0.000000167. The first-order valence-electron chi connectivity index (χ1n) is 17.1. The van der Waals surface area contributed by atoms with E-state index in [0.29, 0.717) is 5.69 Å². The zero-order valence-electron chi connectivity index (χ0n) is 29.6. The number of hydrogen-bond donors (Lipinski definition) is 3. The van der Waals surface area contributed by atoms with Crippen molar-refractivity contribution in [2.24, 2.45) is 19.8 Å². The van der Waals surface area contributed by atoms with Crippen molar-refractivity contribution < 1.29 is 23.7 Å². The summed E-state index contributed by atoms with van der Waals surface area (Å²) < 4.78 is 13.4. The topological polar surface area (TPSA) is 180 Å². The summed E-state index contributed by atoms with van der Waals surface area (Å²) in [5, 5.41) is 27.5. The van der Waals surface area contributed by atoms with Gasteiger partial charge in [-0.1, -0.05) is 48.4 Å². The van der Waals surface area contributed by atoms with E-state index < -0.39 is 5.97 Å². The number of nitrogens with one attached hydrogen (secondary N) is 1. The largest absolute Gasteiger partial charge is 0.477 e. The number of nitrogens with zero attached hydrogens (tertiary/aromatic N) is 6. The van der Waals surface area contributed by atoms with Crippen molar-refractivity contribution in [2.45, 2.75) is 64.5 Å². The Kier molecular flexibility index (Phi) is 12.1. The van der Waals surface area contributed by atoms with Crippen LogP contribution in [0.3, 0.4) is 0 Å². The van der Waals surface area contributed by atoms with Crippen molar-refractivity contribution in [3.8, 4) is 22.5 Å². The number of carbonyl (C=O) groups excluding carboxylic acids is 1. The van der Waals surface area contributed by atoms with Gasteiger partial charge in [-0.3, -0.25) is 14.2 Å². The van der Waals surface area contributed by atoms with E-state index in [0.717, 1.165) is 72.6 Å². The first-order chi connectivity index (χ1) is 24.6. The molecule has 0 spiro atoms. The minimum absolute atomic E-state index is 0. The highest BCUT2D eigenvalue weighted by Gasteiger charge is 2.26. The van der Waals surface area contributed by atoms with E-state index in [2.05, 4.69) is 63.1 Å². The molecule has 0 fully saturated rings. The van der Waals surface area contributed by atoms with Crippen LogP contribution in [0.25, 0.3) is 22.5 Å². The Labute approximate surface area is 307 Å². The zero-order valence-corrected chi connectivity index (χ0v) is 30.4. The number of nitrogens with two attached hydrogens (primary N) is 1. The molecule has 0 unspecified atom stereocenters. The van der Waals surface area contributed by atoms with E-state index in [9.17, 15) is 9.59 Å². The Morgan fingerprint density at radius 3 is 1.79 bits per heavy atom. The number of aromatic nitrogens is 6. The molecule has 2 aliphatic rings. The second-order valence-corrected chi connectivity index (χ2v) is 12.6. The maximum atomic E-state index is 12.4. The summed E-state index contributed by atoms with van der Waals surface area (Å²) in [5.41, 5.74) is 15.8. The van der Waals surface area contributed by atoms with Crippen LogP contribution >= 0.6 is 12.4 Å². The number of carboxylic acids is 1. The quantitative estimate of drug-likeness (QED) is 0.166. The molecule has 4 heterocycles. The van der Waals surface area contributed by atoms with Crippen LogP contribution in [0.2, 0.25) is 0 Å². The maximum Gasteiger partial charge on any atom is 0.354 e. The molecule has 0 saturated carbocycles. The van der Waals surface area contributed by atoms with Crippen LogP contribution in [0.4, 0.5) is 0 Å². The van der Waals surface area contributed by atoms with Gasteiger partial charge in [-0.15, -0.1) is 12.4 Å². The number of halogens is 1.